The largest absolute Gasteiger partial charge is 0.452 e. The molecule has 4 rings (SSSR count). The van der Waals surface area contributed by atoms with Gasteiger partial charge < -0.3 is 14.4 Å². The number of fused-ring (bicyclic) bond motifs is 1. The lowest BCUT2D eigenvalue weighted by molar-refractivity contribution is -0.127. The monoisotopic (exact) mass is 543 g/mol. The van der Waals surface area contributed by atoms with Gasteiger partial charge in [0.2, 0.25) is 11.7 Å². The zero-order valence-electron chi connectivity index (χ0n) is 24.6. The van der Waals surface area contributed by atoms with Crippen LogP contribution in [0.5, 0.6) is 5.75 Å². The summed E-state index contributed by atoms with van der Waals surface area (Å²) in [6, 6.07) is 13.5. The van der Waals surface area contributed by atoms with Gasteiger partial charge in [-0.1, -0.05) is 88.7 Å². The van der Waals surface area contributed by atoms with Gasteiger partial charge in [0, 0.05) is 37.9 Å². The number of carbonyl (C=O) groups excluding carboxylic acids is 2. The van der Waals surface area contributed by atoms with E-state index in [1.54, 1.807) is 30.9 Å². The molecule has 2 aromatic carbocycles. The number of unbranched alkanes of at least 4 members (excludes halogenated alkanes) is 6. The number of carbonyl (C=O) groups is 2. The van der Waals surface area contributed by atoms with Crippen LogP contribution in [0.4, 0.5) is 5.69 Å². The molecule has 0 saturated heterocycles. The molecule has 0 atom stereocenters. The van der Waals surface area contributed by atoms with E-state index in [0.717, 1.165) is 30.4 Å². The molecule has 1 heterocycles. The Kier molecular flexibility index (Phi) is 10.7. The predicted octanol–water partition coefficient (Wildman–Crippen LogP) is 8.58. The highest BCUT2D eigenvalue weighted by molar-refractivity contribution is 5.98. The van der Waals surface area contributed by atoms with Crippen molar-refractivity contribution in [1.82, 2.24) is 0 Å². The molecule has 0 aromatic heterocycles. The van der Waals surface area contributed by atoms with E-state index in [4.69, 9.17) is 9.47 Å². The van der Waals surface area contributed by atoms with E-state index in [1.807, 2.05) is 30.3 Å². The van der Waals surface area contributed by atoms with Gasteiger partial charge in [0.25, 0.3) is 0 Å². The Morgan fingerprint density at radius 3 is 2.45 bits per heavy atom. The lowest BCUT2D eigenvalue weighted by Gasteiger charge is -2.32. The van der Waals surface area contributed by atoms with Gasteiger partial charge >= 0.3 is 5.97 Å². The van der Waals surface area contributed by atoms with Crippen LogP contribution in [0.1, 0.15) is 126 Å². The summed E-state index contributed by atoms with van der Waals surface area (Å²) in [6.45, 7) is 6.09. The van der Waals surface area contributed by atoms with Gasteiger partial charge in [-0.25, -0.2) is 4.79 Å². The molecular weight excluding hydrogens is 498 g/mol. The first-order valence-corrected chi connectivity index (χ1v) is 15.3. The number of cyclic esters (lactones) is 1. The SMILES string of the molecule is CCCCCCCCC#Cc1ccc(CN(C(=O)CCC2CCCC2)c2ccc3c(c2)C(=O)OC(C)(C)O3)cc1. The van der Waals surface area contributed by atoms with Crippen molar-refractivity contribution in [3.05, 3.63) is 59.2 Å². The van der Waals surface area contributed by atoms with Gasteiger partial charge in [0.05, 0.1) is 6.54 Å². The molecule has 5 nitrogen and oxygen atoms in total. The summed E-state index contributed by atoms with van der Waals surface area (Å²) < 4.78 is 11.3. The molecule has 40 heavy (non-hydrogen) atoms. The molecule has 0 N–H and O–H groups in total. The number of ether oxygens (including phenoxy) is 2. The Hall–Kier alpha value is -3.26. The standard InChI is InChI=1S/C35H45NO4/c1-4-5-6-7-8-9-10-11-14-28-17-19-29(20-18-28)26-36(33(37)24-21-27-15-12-13-16-27)30-22-23-32-31(25-30)34(38)40-35(2,3)39-32/h17-20,22-23,25,27H,4-10,12-13,15-16,21,24,26H2,1-3H3. The number of anilines is 1. The molecule has 5 heteroatoms. The quantitative estimate of drug-likeness (QED) is 0.153. The van der Waals surface area contributed by atoms with E-state index < -0.39 is 11.8 Å². The Morgan fingerprint density at radius 2 is 1.70 bits per heavy atom. The van der Waals surface area contributed by atoms with E-state index in [-0.39, 0.29) is 5.91 Å². The molecule has 1 saturated carbocycles. The van der Waals surface area contributed by atoms with Crippen molar-refractivity contribution in [1.29, 1.82) is 0 Å². The molecule has 1 fully saturated rings. The zero-order valence-corrected chi connectivity index (χ0v) is 24.6. The van der Waals surface area contributed by atoms with Crippen LogP contribution < -0.4 is 9.64 Å². The van der Waals surface area contributed by atoms with Crippen LogP contribution in [0, 0.1) is 17.8 Å². The average molecular weight is 544 g/mol. The van der Waals surface area contributed by atoms with Crippen LogP contribution in [0.15, 0.2) is 42.5 Å². The minimum absolute atomic E-state index is 0.0695. The Balaban J connectivity index is 1.44. The molecule has 0 radical (unpaired) electrons. The molecule has 0 unspecified atom stereocenters. The van der Waals surface area contributed by atoms with Crippen molar-refractivity contribution in [2.75, 3.05) is 4.90 Å². The van der Waals surface area contributed by atoms with Gasteiger partial charge in [-0.15, -0.1) is 0 Å². The zero-order chi connectivity index (χ0) is 28.4. The van der Waals surface area contributed by atoms with Crippen molar-refractivity contribution < 1.29 is 19.1 Å². The lowest BCUT2D eigenvalue weighted by Crippen LogP contribution is -2.39. The highest BCUT2D eigenvalue weighted by atomic mass is 16.7. The average Bonchev–Trinajstić information content (AvgIpc) is 3.46. The summed E-state index contributed by atoms with van der Waals surface area (Å²) in [7, 11) is 0. The summed E-state index contributed by atoms with van der Waals surface area (Å²) in [4.78, 5) is 28.1. The number of hydrogen-bond acceptors (Lipinski definition) is 4. The fraction of sp³-hybridized carbons (Fsp3) is 0.543. The van der Waals surface area contributed by atoms with E-state index in [1.165, 1.54) is 57.8 Å². The van der Waals surface area contributed by atoms with Crippen molar-refractivity contribution in [3.63, 3.8) is 0 Å². The van der Waals surface area contributed by atoms with Crippen LogP contribution in [0.2, 0.25) is 0 Å². The van der Waals surface area contributed by atoms with Crippen molar-refractivity contribution >= 4 is 17.6 Å². The third kappa shape index (κ3) is 8.62. The minimum Gasteiger partial charge on any atom is -0.452 e. The van der Waals surface area contributed by atoms with Crippen LogP contribution in [-0.4, -0.2) is 17.7 Å². The Bertz CT molecular complexity index is 1200. The van der Waals surface area contributed by atoms with E-state index in [9.17, 15) is 9.59 Å². The molecule has 0 spiro atoms. The fourth-order valence-electron chi connectivity index (χ4n) is 5.62. The van der Waals surface area contributed by atoms with Crippen LogP contribution in [0.3, 0.4) is 0 Å². The third-order valence-corrected chi connectivity index (χ3v) is 7.91. The second-order valence-corrected chi connectivity index (χ2v) is 11.8. The number of hydrogen-bond donors (Lipinski definition) is 0. The minimum atomic E-state index is -1.01. The van der Waals surface area contributed by atoms with Crippen molar-refractivity contribution in [2.24, 2.45) is 5.92 Å². The summed E-state index contributed by atoms with van der Waals surface area (Å²) in [5.74, 6) is 6.33. The number of esters is 1. The Morgan fingerprint density at radius 1 is 0.975 bits per heavy atom. The summed E-state index contributed by atoms with van der Waals surface area (Å²) >= 11 is 0. The molecule has 214 valence electrons. The Labute approximate surface area is 240 Å². The van der Waals surface area contributed by atoms with Crippen molar-refractivity contribution in [3.8, 4) is 17.6 Å². The van der Waals surface area contributed by atoms with Gasteiger partial charge in [0.1, 0.15) is 11.3 Å². The number of rotatable bonds is 12. The predicted molar refractivity (Wildman–Crippen MR) is 160 cm³/mol. The maximum Gasteiger partial charge on any atom is 0.345 e. The molecule has 2 aliphatic rings. The molecule has 1 aliphatic heterocycles. The first-order chi connectivity index (χ1) is 19.3. The first kappa shape index (κ1) is 29.7. The van der Waals surface area contributed by atoms with Gasteiger partial charge in [-0.3, -0.25) is 4.79 Å². The molecule has 0 bridgehead atoms. The highest BCUT2D eigenvalue weighted by Gasteiger charge is 2.34. The van der Waals surface area contributed by atoms with E-state index in [0.29, 0.717) is 35.9 Å². The smallest absolute Gasteiger partial charge is 0.345 e. The molecule has 2 aromatic rings. The molecular formula is C35H45NO4. The highest BCUT2D eigenvalue weighted by Crippen LogP contribution is 2.35. The van der Waals surface area contributed by atoms with Gasteiger partial charge in [-0.05, 0) is 54.7 Å². The topological polar surface area (TPSA) is 55.8 Å². The maximum absolute atomic E-state index is 13.6. The third-order valence-electron chi connectivity index (χ3n) is 7.91. The summed E-state index contributed by atoms with van der Waals surface area (Å²) in [5.41, 5.74) is 3.04. The number of nitrogens with zero attached hydrogens (tertiary/aromatic N) is 1. The van der Waals surface area contributed by atoms with E-state index in [2.05, 4.69) is 18.8 Å². The lowest BCUT2D eigenvalue weighted by atomic mass is 10.0. The van der Waals surface area contributed by atoms with Crippen LogP contribution in [0.25, 0.3) is 0 Å². The number of benzene rings is 2. The van der Waals surface area contributed by atoms with E-state index >= 15 is 0 Å². The van der Waals surface area contributed by atoms with Crippen LogP contribution in [-0.2, 0) is 16.1 Å². The van der Waals surface area contributed by atoms with Crippen molar-refractivity contribution in [2.45, 2.75) is 117 Å². The van der Waals surface area contributed by atoms with Gasteiger partial charge in [0.15, 0.2) is 0 Å². The fourth-order valence-corrected chi connectivity index (χ4v) is 5.62. The van der Waals surface area contributed by atoms with Crippen LogP contribution >= 0.6 is 0 Å². The molecule has 1 amide bonds. The van der Waals surface area contributed by atoms with Gasteiger partial charge in [-0.2, -0.15) is 0 Å². The first-order valence-electron chi connectivity index (χ1n) is 15.3. The summed E-state index contributed by atoms with van der Waals surface area (Å²) in [6.07, 6.45) is 14.9. The number of amides is 1. The maximum atomic E-state index is 13.6. The second-order valence-electron chi connectivity index (χ2n) is 11.8. The second kappa shape index (κ2) is 14.4. The summed E-state index contributed by atoms with van der Waals surface area (Å²) in [5, 5.41) is 0. The molecule has 1 aliphatic carbocycles. The normalized spacial score (nSPS) is 15.9.